The van der Waals surface area contributed by atoms with Crippen LogP contribution in [0.1, 0.15) is 101 Å². The molecule has 3 fully saturated rings. The summed E-state index contributed by atoms with van der Waals surface area (Å²) < 4.78 is 16.9. The van der Waals surface area contributed by atoms with Crippen molar-refractivity contribution in [1.29, 1.82) is 0 Å². The number of carbonyl (C=O) groups excluding carboxylic acids is 2. The van der Waals surface area contributed by atoms with Crippen molar-refractivity contribution in [3.05, 3.63) is 180 Å². The number of aryl methyl sites for hydroxylation is 1. The van der Waals surface area contributed by atoms with Gasteiger partial charge in [-0.25, -0.2) is 14.4 Å². The Labute approximate surface area is 457 Å². The first kappa shape index (κ1) is 51.7. The van der Waals surface area contributed by atoms with E-state index in [4.69, 9.17) is 9.97 Å². The minimum absolute atomic E-state index is 0.133. The van der Waals surface area contributed by atoms with Gasteiger partial charge in [0.15, 0.2) is 5.13 Å². The number of unbranched alkanes of at least 4 members (excludes halogenated alkanes) is 1. The molecule has 11 rings (SSSR count). The SMILES string of the molecule is C=Cc1nc(N2CCc3cccc(C(=C)Nc4nc5ccccc5s4)c3C2)ccc1-c1cccc(CCCCC2CCN([C@H](C)C(=O)N3CCN(c4cc5c(cc4F)C(=C)N(C4CCC(=C)NC4=C)C5=O)CC3)CC2)c1C. The molecule has 0 saturated carbocycles. The number of benzene rings is 4. The third kappa shape index (κ3) is 10.4. The fourth-order valence-corrected chi connectivity index (χ4v) is 13.4. The minimum atomic E-state index is -0.388. The molecule has 2 aromatic heterocycles. The van der Waals surface area contributed by atoms with E-state index in [1.807, 2.05) is 41.0 Å². The molecule has 6 aromatic rings. The van der Waals surface area contributed by atoms with E-state index in [-0.39, 0.29) is 29.7 Å². The van der Waals surface area contributed by atoms with Gasteiger partial charge in [0.05, 0.1) is 39.2 Å². The number of aromatic nitrogens is 2. The number of hydrogen-bond donors (Lipinski definition) is 2. The van der Waals surface area contributed by atoms with Crippen LogP contribution in [0.2, 0.25) is 0 Å². The predicted octanol–water partition coefficient (Wildman–Crippen LogP) is 12.5. The Morgan fingerprint density at radius 1 is 0.857 bits per heavy atom. The molecule has 0 spiro atoms. The molecule has 1 unspecified atom stereocenters. The van der Waals surface area contributed by atoms with Gasteiger partial charge < -0.3 is 25.3 Å². The number of para-hydroxylation sites is 1. The lowest BCUT2D eigenvalue weighted by molar-refractivity contribution is -0.137. The molecule has 2 atom stereocenters. The number of nitrogens with zero attached hydrogens (tertiary/aromatic N) is 7. The summed E-state index contributed by atoms with van der Waals surface area (Å²) in [7, 11) is 0. The second-order valence-electron chi connectivity index (χ2n) is 21.6. The van der Waals surface area contributed by atoms with Gasteiger partial charge in [-0.15, -0.1) is 0 Å². The fraction of sp³-hybridized carbons (Fsp3) is 0.344. The van der Waals surface area contributed by atoms with Gasteiger partial charge in [0, 0.05) is 78.7 Å². The predicted molar refractivity (Wildman–Crippen MR) is 314 cm³/mol. The van der Waals surface area contributed by atoms with E-state index >= 15 is 4.39 Å². The number of carbonyl (C=O) groups is 2. The van der Waals surface area contributed by atoms with E-state index in [0.717, 1.165) is 108 Å². The third-order valence-corrected chi connectivity index (χ3v) is 18.0. The van der Waals surface area contributed by atoms with E-state index in [1.165, 1.54) is 46.7 Å². The molecule has 2 N–H and O–H groups in total. The second-order valence-corrected chi connectivity index (χ2v) is 22.6. The number of anilines is 3. The van der Waals surface area contributed by atoms with Crippen LogP contribution >= 0.6 is 11.3 Å². The van der Waals surface area contributed by atoms with Crippen LogP contribution in [0.4, 0.5) is 21.0 Å². The standard InChI is InChI=1S/C64H70FN9O2S/c1-8-56-51(24-26-61(68-56)73-32-29-48-18-14-20-50(54(48)39-73)42(4)67-64-69-57-21-11-12-22-60(57)77-64)49-19-13-17-47(41(49)3)16-10-9-15-46-27-30-70(31-28-46)45(7)62(75)72-35-33-71(34-36-72)59-38-53-52(37-55(59)65)44(6)74(63(53)76)58-25-23-40(2)66-43(58)5/h8,11-14,17-22,24,26,37-38,45-46,58,66H,1-2,4-6,9-10,15-16,23,25,27-36,39H2,3,7H3,(H,67,69)/t45-,58?/m1/s1. The maximum atomic E-state index is 15.8. The Hall–Kier alpha value is -7.35. The number of amides is 2. The van der Waals surface area contributed by atoms with Gasteiger partial charge in [-0.05, 0) is 148 Å². The van der Waals surface area contributed by atoms with E-state index in [1.54, 1.807) is 22.3 Å². The molecule has 13 heteroatoms. The Morgan fingerprint density at radius 3 is 2.43 bits per heavy atom. The number of fused-ring (bicyclic) bond motifs is 3. The number of nitrogens with one attached hydrogen (secondary N) is 2. The first-order valence-electron chi connectivity index (χ1n) is 27.5. The van der Waals surface area contributed by atoms with E-state index in [0.29, 0.717) is 73.1 Å². The Bertz CT molecular complexity index is 3310. The number of pyridine rings is 1. The van der Waals surface area contributed by atoms with Crippen LogP contribution in [0, 0.1) is 18.7 Å². The number of thiazole rings is 1. The average Bonchev–Trinajstić information content (AvgIpc) is 4.10. The minimum Gasteiger partial charge on any atom is -0.366 e. The summed E-state index contributed by atoms with van der Waals surface area (Å²) in [6, 6.07) is 28.4. The van der Waals surface area contributed by atoms with Crippen molar-refractivity contribution in [2.75, 3.05) is 60.9 Å². The molecular formula is C64H70FN9O2S. The molecule has 0 aliphatic carbocycles. The van der Waals surface area contributed by atoms with Crippen LogP contribution in [0.25, 0.3) is 38.8 Å². The van der Waals surface area contributed by atoms with Crippen LogP contribution in [-0.2, 0) is 24.2 Å². The van der Waals surface area contributed by atoms with Crippen molar-refractivity contribution >= 4 is 67.5 Å². The fourth-order valence-electron chi connectivity index (χ4n) is 12.5. The summed E-state index contributed by atoms with van der Waals surface area (Å²) >= 11 is 1.64. The molecule has 77 heavy (non-hydrogen) atoms. The molecule has 7 heterocycles. The van der Waals surface area contributed by atoms with E-state index in [9.17, 15) is 9.59 Å². The van der Waals surface area contributed by atoms with Crippen molar-refractivity contribution in [3.63, 3.8) is 0 Å². The molecule has 4 aromatic carbocycles. The summed E-state index contributed by atoms with van der Waals surface area (Å²) in [4.78, 5) is 47.9. The van der Waals surface area contributed by atoms with Crippen molar-refractivity contribution in [2.24, 2.45) is 5.92 Å². The average molecular weight is 1050 g/mol. The third-order valence-electron chi connectivity index (χ3n) is 17.0. The number of allylic oxidation sites excluding steroid dienone is 1. The zero-order valence-corrected chi connectivity index (χ0v) is 45.5. The maximum absolute atomic E-state index is 15.8. The molecule has 5 aliphatic rings. The molecule has 0 bridgehead atoms. The monoisotopic (exact) mass is 1050 g/mol. The van der Waals surface area contributed by atoms with Crippen LogP contribution in [0.15, 0.2) is 129 Å². The topological polar surface area (TPSA) is 100 Å². The number of likely N-dealkylation sites (tertiary alicyclic amines) is 1. The molecule has 396 valence electrons. The number of rotatable bonds is 15. The van der Waals surface area contributed by atoms with Gasteiger partial charge in [-0.2, -0.15) is 0 Å². The summed E-state index contributed by atoms with van der Waals surface area (Å²) in [5, 5.41) is 7.53. The Balaban J connectivity index is 0.640. The lowest BCUT2D eigenvalue weighted by Gasteiger charge is -2.41. The maximum Gasteiger partial charge on any atom is 0.259 e. The van der Waals surface area contributed by atoms with Crippen LogP contribution in [0.5, 0.6) is 0 Å². The highest BCUT2D eigenvalue weighted by atomic mass is 32.1. The van der Waals surface area contributed by atoms with E-state index < -0.39 is 0 Å². The highest BCUT2D eigenvalue weighted by Crippen LogP contribution is 2.41. The van der Waals surface area contributed by atoms with Crippen LogP contribution in [-0.4, -0.2) is 94.4 Å². The molecule has 0 radical (unpaired) electrons. The van der Waals surface area contributed by atoms with Crippen molar-refractivity contribution < 1.29 is 14.0 Å². The van der Waals surface area contributed by atoms with Gasteiger partial charge in [0.1, 0.15) is 11.6 Å². The number of piperazine rings is 1. The first-order chi connectivity index (χ1) is 37.3. The number of hydrogen-bond acceptors (Lipinski definition) is 10. The smallest absolute Gasteiger partial charge is 0.259 e. The zero-order chi connectivity index (χ0) is 53.5. The highest BCUT2D eigenvalue weighted by molar-refractivity contribution is 7.22. The molecule has 2 amide bonds. The lowest BCUT2D eigenvalue weighted by Crippen LogP contribution is -2.55. The van der Waals surface area contributed by atoms with Crippen molar-refractivity contribution in [1.82, 2.24) is 30.0 Å². The first-order valence-corrected chi connectivity index (χ1v) is 28.3. The summed E-state index contributed by atoms with van der Waals surface area (Å²) in [6.45, 7) is 30.7. The molecular weight excluding hydrogens is 978 g/mol. The quantitative estimate of drug-likeness (QED) is 0.0974. The summed E-state index contributed by atoms with van der Waals surface area (Å²) in [6.07, 6.45) is 10.9. The van der Waals surface area contributed by atoms with Gasteiger partial charge in [0.2, 0.25) is 5.91 Å². The Morgan fingerprint density at radius 2 is 1.65 bits per heavy atom. The molecule has 5 aliphatic heterocycles. The highest BCUT2D eigenvalue weighted by Gasteiger charge is 2.40. The number of halogens is 1. The van der Waals surface area contributed by atoms with Gasteiger partial charge in [-0.1, -0.05) is 106 Å². The van der Waals surface area contributed by atoms with Gasteiger partial charge >= 0.3 is 0 Å². The largest absolute Gasteiger partial charge is 0.366 e. The lowest BCUT2D eigenvalue weighted by atomic mass is 9.89. The molecule has 11 nitrogen and oxygen atoms in total. The van der Waals surface area contributed by atoms with Crippen LogP contribution in [0.3, 0.4) is 0 Å². The van der Waals surface area contributed by atoms with Crippen molar-refractivity contribution in [3.8, 4) is 11.1 Å². The zero-order valence-electron chi connectivity index (χ0n) is 44.7. The van der Waals surface area contributed by atoms with Crippen molar-refractivity contribution in [2.45, 2.75) is 90.3 Å². The van der Waals surface area contributed by atoms with Gasteiger partial charge in [0.25, 0.3) is 5.91 Å². The number of piperidine rings is 2. The second kappa shape index (κ2) is 21.9. The summed E-state index contributed by atoms with van der Waals surface area (Å²) in [5.74, 6) is 1.15. The van der Waals surface area contributed by atoms with Crippen LogP contribution < -0.4 is 20.4 Å². The molecule has 3 saturated heterocycles. The van der Waals surface area contributed by atoms with Gasteiger partial charge in [-0.3, -0.25) is 19.4 Å². The Kier molecular flexibility index (Phi) is 14.7. The normalized spacial score (nSPS) is 18.6. The van der Waals surface area contributed by atoms with E-state index in [2.05, 4.69) is 115 Å². The summed E-state index contributed by atoms with van der Waals surface area (Å²) in [5.41, 5.74) is 14.8.